The number of hydrogen-bond acceptors (Lipinski definition) is 3. The van der Waals surface area contributed by atoms with Gasteiger partial charge in [-0.05, 0) is 25.0 Å². The monoisotopic (exact) mass is 254 g/mol. The molecular formula is C13H19ClN2O. The molecule has 0 aliphatic heterocycles. The van der Waals surface area contributed by atoms with Crippen molar-refractivity contribution in [2.75, 3.05) is 17.6 Å². The Bertz CT molecular complexity index is 389. The Kier molecular flexibility index (Phi) is 3.79. The summed E-state index contributed by atoms with van der Waals surface area (Å²) in [5, 5.41) is 14.1. The molecule has 1 aromatic rings. The molecule has 3 nitrogen and oxygen atoms in total. The van der Waals surface area contributed by atoms with Gasteiger partial charge in [0.2, 0.25) is 0 Å². The molecule has 1 fully saturated rings. The molecule has 4 heteroatoms. The summed E-state index contributed by atoms with van der Waals surface area (Å²) in [5.74, 6) is 0. The molecule has 17 heavy (non-hydrogen) atoms. The van der Waals surface area contributed by atoms with Crippen LogP contribution in [0.3, 0.4) is 0 Å². The van der Waals surface area contributed by atoms with Crippen LogP contribution in [0.1, 0.15) is 32.1 Å². The van der Waals surface area contributed by atoms with E-state index in [9.17, 15) is 5.11 Å². The molecule has 0 radical (unpaired) electrons. The first kappa shape index (κ1) is 12.5. The fourth-order valence-corrected chi connectivity index (χ4v) is 2.51. The summed E-state index contributed by atoms with van der Waals surface area (Å²) in [4.78, 5) is 0. The van der Waals surface area contributed by atoms with E-state index >= 15 is 0 Å². The summed E-state index contributed by atoms with van der Waals surface area (Å²) in [6, 6.07) is 5.50. The van der Waals surface area contributed by atoms with Crippen molar-refractivity contribution in [2.24, 2.45) is 0 Å². The van der Waals surface area contributed by atoms with E-state index in [0.717, 1.165) is 31.4 Å². The zero-order chi connectivity index (χ0) is 12.3. The highest BCUT2D eigenvalue weighted by Crippen LogP contribution is 2.31. The van der Waals surface area contributed by atoms with Crippen molar-refractivity contribution in [2.45, 2.75) is 37.7 Å². The molecule has 0 heterocycles. The van der Waals surface area contributed by atoms with E-state index in [4.69, 9.17) is 17.3 Å². The lowest BCUT2D eigenvalue weighted by atomic mass is 9.85. The third-order valence-electron chi connectivity index (χ3n) is 3.45. The van der Waals surface area contributed by atoms with Crippen molar-refractivity contribution in [1.29, 1.82) is 0 Å². The van der Waals surface area contributed by atoms with Crippen LogP contribution >= 0.6 is 11.6 Å². The topological polar surface area (TPSA) is 58.3 Å². The number of halogens is 1. The van der Waals surface area contributed by atoms with Crippen molar-refractivity contribution in [3.63, 3.8) is 0 Å². The molecule has 0 bridgehead atoms. The summed E-state index contributed by atoms with van der Waals surface area (Å²) in [6.45, 7) is 0.539. The van der Waals surface area contributed by atoms with Crippen molar-refractivity contribution >= 4 is 23.0 Å². The predicted octanol–water partition coefficient (Wildman–Crippen LogP) is 3.03. The van der Waals surface area contributed by atoms with Crippen molar-refractivity contribution < 1.29 is 5.11 Å². The molecule has 94 valence electrons. The Morgan fingerprint density at radius 1 is 1.29 bits per heavy atom. The molecule has 0 atom stereocenters. The molecule has 1 saturated carbocycles. The van der Waals surface area contributed by atoms with Gasteiger partial charge in [0.1, 0.15) is 0 Å². The normalized spacial score (nSPS) is 18.9. The van der Waals surface area contributed by atoms with Crippen LogP contribution < -0.4 is 11.1 Å². The number of para-hydroxylation sites is 1. The fraction of sp³-hybridized carbons (Fsp3) is 0.538. The van der Waals surface area contributed by atoms with Gasteiger partial charge in [-0.2, -0.15) is 0 Å². The Morgan fingerprint density at radius 3 is 2.71 bits per heavy atom. The van der Waals surface area contributed by atoms with Crippen molar-refractivity contribution in [3.8, 4) is 0 Å². The van der Waals surface area contributed by atoms with Gasteiger partial charge in [-0.15, -0.1) is 0 Å². The Balaban J connectivity index is 1.99. The van der Waals surface area contributed by atoms with Crippen LogP contribution in [0.2, 0.25) is 5.02 Å². The van der Waals surface area contributed by atoms with E-state index in [1.807, 2.05) is 12.1 Å². The first-order chi connectivity index (χ1) is 8.11. The number of aliphatic hydroxyl groups is 1. The largest absolute Gasteiger partial charge is 0.396 e. The van der Waals surface area contributed by atoms with Crippen LogP contribution in [0.4, 0.5) is 11.4 Å². The quantitative estimate of drug-likeness (QED) is 0.727. The maximum absolute atomic E-state index is 10.4. The summed E-state index contributed by atoms with van der Waals surface area (Å²) in [6.07, 6.45) is 5.15. The molecule has 1 aliphatic carbocycles. The van der Waals surface area contributed by atoms with Crippen LogP contribution in [0.25, 0.3) is 0 Å². The Hall–Kier alpha value is -0.930. The van der Waals surface area contributed by atoms with E-state index < -0.39 is 5.60 Å². The number of hydrogen-bond donors (Lipinski definition) is 3. The number of nitrogens with two attached hydrogens (primary N) is 1. The van der Waals surface area contributed by atoms with Gasteiger partial charge in [0.25, 0.3) is 0 Å². The Morgan fingerprint density at radius 2 is 2.00 bits per heavy atom. The van der Waals surface area contributed by atoms with E-state index in [1.54, 1.807) is 6.07 Å². The average Bonchev–Trinajstić information content (AvgIpc) is 2.32. The molecule has 0 saturated heterocycles. The molecule has 4 N–H and O–H groups in total. The molecule has 1 aromatic carbocycles. The first-order valence-corrected chi connectivity index (χ1v) is 6.49. The summed E-state index contributed by atoms with van der Waals surface area (Å²) >= 11 is 5.94. The molecular weight excluding hydrogens is 236 g/mol. The van der Waals surface area contributed by atoms with Crippen molar-refractivity contribution in [3.05, 3.63) is 23.2 Å². The van der Waals surface area contributed by atoms with Crippen LogP contribution in [0, 0.1) is 0 Å². The first-order valence-electron chi connectivity index (χ1n) is 6.11. The van der Waals surface area contributed by atoms with Crippen molar-refractivity contribution in [1.82, 2.24) is 0 Å². The number of benzene rings is 1. The average molecular weight is 255 g/mol. The fourth-order valence-electron chi connectivity index (χ4n) is 2.34. The molecule has 0 spiro atoms. The molecule has 0 unspecified atom stereocenters. The van der Waals surface area contributed by atoms with Gasteiger partial charge in [0, 0.05) is 6.54 Å². The molecule has 0 aromatic heterocycles. The Labute approximate surface area is 107 Å². The van der Waals surface area contributed by atoms with Crippen LogP contribution in [-0.4, -0.2) is 17.3 Å². The van der Waals surface area contributed by atoms with Gasteiger partial charge in [0.15, 0.2) is 0 Å². The minimum atomic E-state index is -0.590. The zero-order valence-electron chi connectivity index (χ0n) is 9.88. The lowest BCUT2D eigenvalue weighted by Crippen LogP contribution is -2.38. The third kappa shape index (κ3) is 3.05. The standard InChI is InChI=1S/C13H19ClN2O/c14-10-5-4-6-11(12(10)15)16-9-13(17)7-2-1-3-8-13/h4-6,16-17H,1-3,7-9,15H2. The van der Waals surface area contributed by atoms with Crippen LogP contribution in [-0.2, 0) is 0 Å². The molecule has 1 aliphatic rings. The summed E-state index contributed by atoms with van der Waals surface area (Å²) < 4.78 is 0. The van der Waals surface area contributed by atoms with Gasteiger partial charge >= 0.3 is 0 Å². The van der Waals surface area contributed by atoms with E-state index in [0.29, 0.717) is 17.3 Å². The smallest absolute Gasteiger partial charge is 0.0819 e. The van der Waals surface area contributed by atoms with Gasteiger partial charge in [0.05, 0.1) is 22.0 Å². The lowest BCUT2D eigenvalue weighted by molar-refractivity contribution is 0.0167. The molecule has 2 rings (SSSR count). The highest BCUT2D eigenvalue weighted by molar-refractivity contribution is 6.33. The second kappa shape index (κ2) is 5.15. The SMILES string of the molecule is Nc1c(Cl)cccc1NCC1(O)CCCCC1. The highest BCUT2D eigenvalue weighted by Gasteiger charge is 2.28. The summed E-state index contributed by atoms with van der Waals surface area (Å²) in [7, 11) is 0. The van der Waals surface area contributed by atoms with Crippen LogP contribution in [0.15, 0.2) is 18.2 Å². The second-order valence-corrected chi connectivity index (χ2v) is 5.25. The number of rotatable bonds is 3. The number of anilines is 2. The third-order valence-corrected chi connectivity index (χ3v) is 3.77. The van der Waals surface area contributed by atoms with E-state index in [1.165, 1.54) is 6.42 Å². The predicted molar refractivity (Wildman–Crippen MR) is 72.4 cm³/mol. The zero-order valence-corrected chi connectivity index (χ0v) is 10.6. The van der Waals surface area contributed by atoms with Gasteiger partial charge in [-0.1, -0.05) is 36.9 Å². The van der Waals surface area contributed by atoms with Gasteiger partial charge in [-0.3, -0.25) is 0 Å². The minimum absolute atomic E-state index is 0.539. The maximum atomic E-state index is 10.4. The number of nitrogens with one attached hydrogen (secondary N) is 1. The van der Waals surface area contributed by atoms with Gasteiger partial charge in [-0.25, -0.2) is 0 Å². The second-order valence-electron chi connectivity index (χ2n) is 4.84. The summed E-state index contributed by atoms with van der Waals surface area (Å²) in [5.41, 5.74) is 6.63. The molecule has 0 amide bonds. The minimum Gasteiger partial charge on any atom is -0.396 e. The van der Waals surface area contributed by atoms with E-state index in [2.05, 4.69) is 5.32 Å². The highest BCUT2D eigenvalue weighted by atomic mass is 35.5. The lowest BCUT2D eigenvalue weighted by Gasteiger charge is -2.32. The van der Waals surface area contributed by atoms with Crippen LogP contribution in [0.5, 0.6) is 0 Å². The number of nitrogen functional groups attached to an aromatic ring is 1. The maximum Gasteiger partial charge on any atom is 0.0819 e. The van der Waals surface area contributed by atoms with E-state index in [-0.39, 0.29) is 0 Å². The van der Waals surface area contributed by atoms with Gasteiger partial charge < -0.3 is 16.2 Å².